The molecular formula is C13H19BrFN3O2. The monoisotopic (exact) mass is 347 g/mol. The molecule has 1 aromatic rings. The summed E-state index contributed by atoms with van der Waals surface area (Å²) in [5.41, 5.74) is 0.0673. The van der Waals surface area contributed by atoms with Gasteiger partial charge in [0.1, 0.15) is 11.5 Å². The molecule has 0 aliphatic rings. The number of nitrogens with one attached hydrogen (secondary N) is 1. The van der Waals surface area contributed by atoms with Crippen molar-refractivity contribution in [2.45, 2.75) is 26.3 Å². The fourth-order valence-electron chi connectivity index (χ4n) is 1.73. The maximum atomic E-state index is 13.3. The van der Waals surface area contributed by atoms with Crippen molar-refractivity contribution in [3.05, 3.63) is 32.5 Å². The minimum Gasteiger partial charge on any atom is -0.378 e. The van der Waals surface area contributed by atoms with E-state index in [1.807, 2.05) is 7.05 Å². The minimum absolute atomic E-state index is 0.209. The SMILES string of the molecule is CCC(C)N(C)CCNc1cc(Br)c(F)cc1[N+](=O)[O-]. The van der Waals surface area contributed by atoms with Crippen LogP contribution in [-0.2, 0) is 0 Å². The van der Waals surface area contributed by atoms with Gasteiger partial charge in [0.05, 0.1) is 15.5 Å². The maximum Gasteiger partial charge on any atom is 0.295 e. The molecule has 0 heterocycles. The van der Waals surface area contributed by atoms with Gasteiger partial charge in [-0.3, -0.25) is 10.1 Å². The molecule has 7 heteroatoms. The number of nitro benzene ring substituents is 1. The smallest absolute Gasteiger partial charge is 0.295 e. The predicted octanol–water partition coefficient (Wildman–Crippen LogP) is 3.64. The van der Waals surface area contributed by atoms with Crippen LogP contribution in [-0.4, -0.2) is 36.0 Å². The van der Waals surface area contributed by atoms with Crippen molar-refractivity contribution in [3.63, 3.8) is 0 Å². The molecule has 0 amide bonds. The molecule has 1 atom stereocenters. The molecule has 0 aliphatic carbocycles. The summed E-state index contributed by atoms with van der Waals surface area (Å²) >= 11 is 3.04. The first-order valence-corrected chi connectivity index (χ1v) is 7.23. The summed E-state index contributed by atoms with van der Waals surface area (Å²) < 4.78 is 13.5. The van der Waals surface area contributed by atoms with Crippen LogP contribution in [0.4, 0.5) is 15.8 Å². The topological polar surface area (TPSA) is 58.4 Å². The second kappa shape index (κ2) is 7.54. The van der Waals surface area contributed by atoms with E-state index in [1.54, 1.807) is 0 Å². The summed E-state index contributed by atoms with van der Waals surface area (Å²) in [5.74, 6) is -0.640. The lowest BCUT2D eigenvalue weighted by atomic mass is 10.2. The molecule has 0 aliphatic heterocycles. The number of nitro groups is 1. The molecular weight excluding hydrogens is 329 g/mol. The Morgan fingerprint density at radius 1 is 1.55 bits per heavy atom. The number of hydrogen-bond donors (Lipinski definition) is 1. The highest BCUT2D eigenvalue weighted by atomic mass is 79.9. The Morgan fingerprint density at radius 3 is 2.75 bits per heavy atom. The third-order valence-electron chi connectivity index (χ3n) is 3.36. The maximum absolute atomic E-state index is 13.3. The Labute approximate surface area is 126 Å². The fraction of sp³-hybridized carbons (Fsp3) is 0.538. The van der Waals surface area contributed by atoms with Gasteiger partial charge in [0.2, 0.25) is 0 Å². The van der Waals surface area contributed by atoms with E-state index < -0.39 is 10.7 Å². The lowest BCUT2D eigenvalue weighted by molar-refractivity contribution is -0.384. The van der Waals surface area contributed by atoms with Crippen LogP contribution in [0.1, 0.15) is 20.3 Å². The minimum atomic E-state index is -0.640. The molecule has 5 nitrogen and oxygen atoms in total. The second-order valence-electron chi connectivity index (χ2n) is 4.71. The Hall–Kier alpha value is -1.21. The highest BCUT2D eigenvalue weighted by molar-refractivity contribution is 9.10. The van der Waals surface area contributed by atoms with Crippen molar-refractivity contribution < 1.29 is 9.31 Å². The van der Waals surface area contributed by atoms with E-state index in [4.69, 9.17) is 0 Å². The molecule has 0 fully saturated rings. The number of likely N-dealkylation sites (N-methyl/N-ethyl adjacent to an activating group) is 1. The molecule has 0 bridgehead atoms. The van der Waals surface area contributed by atoms with E-state index in [1.165, 1.54) is 6.07 Å². The number of benzene rings is 1. The summed E-state index contributed by atoms with van der Waals surface area (Å²) in [5, 5.41) is 13.9. The largest absolute Gasteiger partial charge is 0.378 e. The zero-order valence-electron chi connectivity index (χ0n) is 11.8. The number of halogens is 2. The summed E-state index contributed by atoms with van der Waals surface area (Å²) in [6.07, 6.45) is 1.04. The summed E-state index contributed by atoms with van der Waals surface area (Å²) in [4.78, 5) is 12.5. The summed E-state index contributed by atoms with van der Waals surface area (Å²) in [6, 6.07) is 2.77. The van der Waals surface area contributed by atoms with E-state index in [0.29, 0.717) is 18.3 Å². The van der Waals surface area contributed by atoms with Crippen LogP contribution in [0.5, 0.6) is 0 Å². The van der Waals surface area contributed by atoms with Crippen molar-refractivity contribution >= 4 is 27.3 Å². The molecule has 1 unspecified atom stereocenters. The van der Waals surface area contributed by atoms with Crippen LogP contribution >= 0.6 is 15.9 Å². The Bertz CT molecular complexity index is 485. The third kappa shape index (κ3) is 4.42. The Morgan fingerprint density at radius 2 is 2.20 bits per heavy atom. The van der Waals surface area contributed by atoms with Crippen molar-refractivity contribution in [3.8, 4) is 0 Å². The fourth-order valence-corrected chi connectivity index (χ4v) is 2.07. The molecule has 0 saturated carbocycles. The molecule has 0 spiro atoms. The van der Waals surface area contributed by atoms with Crippen molar-refractivity contribution in [2.24, 2.45) is 0 Å². The average Bonchev–Trinajstić information content (AvgIpc) is 2.40. The van der Waals surface area contributed by atoms with Crippen LogP contribution in [0.15, 0.2) is 16.6 Å². The quantitative estimate of drug-likeness (QED) is 0.604. The number of hydrogen-bond acceptors (Lipinski definition) is 4. The van der Waals surface area contributed by atoms with Crippen LogP contribution in [0.3, 0.4) is 0 Å². The normalized spacial score (nSPS) is 12.5. The summed E-state index contributed by atoms with van der Waals surface area (Å²) in [7, 11) is 2.00. The molecule has 0 aromatic heterocycles. The molecule has 0 saturated heterocycles. The van der Waals surface area contributed by atoms with Gasteiger partial charge in [-0.25, -0.2) is 4.39 Å². The number of nitrogens with zero attached hydrogens (tertiary/aromatic N) is 2. The van der Waals surface area contributed by atoms with Crippen molar-refractivity contribution in [1.29, 1.82) is 0 Å². The number of rotatable bonds is 7. The van der Waals surface area contributed by atoms with Crippen molar-refractivity contribution in [2.75, 3.05) is 25.5 Å². The zero-order valence-corrected chi connectivity index (χ0v) is 13.4. The van der Waals surface area contributed by atoms with Gasteiger partial charge in [-0.05, 0) is 42.4 Å². The highest BCUT2D eigenvalue weighted by Crippen LogP contribution is 2.30. The predicted molar refractivity (Wildman–Crippen MR) is 81.6 cm³/mol. The van der Waals surface area contributed by atoms with Gasteiger partial charge in [-0.1, -0.05) is 6.92 Å². The van der Waals surface area contributed by atoms with Crippen LogP contribution in [0.25, 0.3) is 0 Å². The summed E-state index contributed by atoms with van der Waals surface area (Å²) in [6.45, 7) is 5.54. The lowest BCUT2D eigenvalue weighted by Crippen LogP contribution is -2.32. The van der Waals surface area contributed by atoms with E-state index in [-0.39, 0.29) is 10.2 Å². The van der Waals surface area contributed by atoms with Crippen LogP contribution < -0.4 is 5.32 Å². The molecule has 1 rings (SSSR count). The highest BCUT2D eigenvalue weighted by Gasteiger charge is 2.17. The molecule has 1 aromatic carbocycles. The van der Waals surface area contributed by atoms with Gasteiger partial charge in [0.15, 0.2) is 0 Å². The van der Waals surface area contributed by atoms with E-state index in [2.05, 4.69) is 40.0 Å². The molecule has 20 heavy (non-hydrogen) atoms. The second-order valence-corrected chi connectivity index (χ2v) is 5.56. The van der Waals surface area contributed by atoms with Crippen molar-refractivity contribution in [1.82, 2.24) is 4.90 Å². The molecule has 112 valence electrons. The van der Waals surface area contributed by atoms with E-state index in [9.17, 15) is 14.5 Å². The first-order chi connectivity index (χ1) is 9.36. The zero-order chi connectivity index (χ0) is 15.3. The first kappa shape index (κ1) is 16.8. The standard InChI is InChI=1S/C13H19BrFN3O2/c1-4-9(2)17(3)6-5-16-12-7-10(14)11(15)8-13(12)18(19)20/h7-9,16H,4-6H2,1-3H3. The Kier molecular flexibility index (Phi) is 6.35. The van der Waals surface area contributed by atoms with Crippen LogP contribution in [0, 0.1) is 15.9 Å². The molecule has 0 radical (unpaired) electrons. The average molecular weight is 348 g/mol. The van der Waals surface area contributed by atoms with Gasteiger partial charge < -0.3 is 10.2 Å². The van der Waals surface area contributed by atoms with E-state index in [0.717, 1.165) is 19.0 Å². The van der Waals surface area contributed by atoms with Gasteiger partial charge in [-0.2, -0.15) is 0 Å². The van der Waals surface area contributed by atoms with E-state index >= 15 is 0 Å². The van der Waals surface area contributed by atoms with Gasteiger partial charge in [-0.15, -0.1) is 0 Å². The number of anilines is 1. The molecule has 1 N–H and O–H groups in total. The Balaban J connectivity index is 2.72. The van der Waals surface area contributed by atoms with Gasteiger partial charge in [0, 0.05) is 19.1 Å². The van der Waals surface area contributed by atoms with Gasteiger partial charge >= 0.3 is 0 Å². The van der Waals surface area contributed by atoms with Crippen LogP contribution in [0.2, 0.25) is 0 Å². The van der Waals surface area contributed by atoms with Gasteiger partial charge in [0.25, 0.3) is 5.69 Å². The lowest BCUT2D eigenvalue weighted by Gasteiger charge is -2.23. The third-order valence-corrected chi connectivity index (χ3v) is 3.97. The first-order valence-electron chi connectivity index (χ1n) is 6.44.